The van der Waals surface area contributed by atoms with E-state index in [0.29, 0.717) is 0 Å². The Morgan fingerprint density at radius 1 is 1.50 bits per heavy atom. The molecule has 6 heavy (non-hydrogen) atoms. The Balaban J connectivity index is 2.66. The molecule has 0 heterocycles. The van der Waals surface area contributed by atoms with E-state index in [9.17, 15) is 0 Å². The van der Waals surface area contributed by atoms with Crippen LogP contribution in [0.15, 0.2) is 10.2 Å². The number of hydrogen-bond donors (Lipinski definition) is 0. The van der Waals surface area contributed by atoms with E-state index in [2.05, 4.69) is 55.3 Å². The lowest BCUT2D eigenvalue weighted by atomic mass is 10.5. The molecule has 0 amide bonds. The Bertz CT molecular complexity index is 40.8. The molecule has 0 fully saturated rings. The van der Waals surface area contributed by atoms with Gasteiger partial charge in [-0.1, -0.05) is 51.3 Å². The minimum Gasteiger partial charge on any atom is -0.0860 e. The summed E-state index contributed by atoms with van der Waals surface area (Å²) in [5.74, 6) is 0. The molecular weight excluding hydrogens is 302 g/mol. The summed E-state index contributed by atoms with van der Waals surface area (Å²) in [5.41, 5.74) is 0. The smallest absolute Gasteiger partial charge is 0.00301 e. The monoisotopic (exact) mass is 308 g/mol. The minimum absolute atomic E-state index is 1.21. The Labute approximate surface area is 65.7 Å². The molecule has 0 aliphatic heterocycles. The maximum absolute atomic E-state index is 2.36. The summed E-state index contributed by atoms with van der Waals surface area (Å²) >= 11 is 4.58. The predicted molar refractivity (Wildman–Crippen MR) is 46.7 cm³/mol. The lowest BCUT2D eigenvalue weighted by Gasteiger charge is -1.73. The van der Waals surface area contributed by atoms with Gasteiger partial charge in [-0.15, -0.1) is 0 Å². The molecule has 36 valence electrons. The van der Waals surface area contributed by atoms with Crippen molar-refractivity contribution in [3.63, 3.8) is 0 Å². The topological polar surface area (TPSA) is 0 Å². The van der Waals surface area contributed by atoms with Gasteiger partial charge in [0, 0.05) is 4.43 Å². The van der Waals surface area contributed by atoms with Crippen LogP contribution in [0, 0.1) is 0 Å². The summed E-state index contributed by atoms with van der Waals surface area (Å²) in [4.78, 5) is 0. The van der Waals surface area contributed by atoms with Crippen LogP contribution in [0.1, 0.15) is 6.42 Å². The Morgan fingerprint density at radius 3 is 2.33 bits per heavy atom. The summed E-state index contributed by atoms with van der Waals surface area (Å²) in [5, 5.41) is 0. The maximum atomic E-state index is 2.36. The molecule has 2 heteroatoms. The van der Waals surface area contributed by atoms with Crippen LogP contribution in [0.5, 0.6) is 0 Å². The van der Waals surface area contributed by atoms with Crippen molar-refractivity contribution in [2.24, 2.45) is 0 Å². The van der Waals surface area contributed by atoms with Crippen molar-refractivity contribution in [2.75, 3.05) is 4.43 Å². The van der Waals surface area contributed by atoms with Crippen LogP contribution >= 0.6 is 45.2 Å². The van der Waals surface area contributed by atoms with E-state index in [1.165, 1.54) is 10.8 Å². The number of halogens is 2. The van der Waals surface area contributed by atoms with E-state index in [0.717, 1.165) is 0 Å². The fourth-order valence-electron chi connectivity index (χ4n) is 0.126. The molecule has 0 aliphatic rings. The van der Waals surface area contributed by atoms with Gasteiger partial charge in [-0.05, 0) is 10.5 Å². The van der Waals surface area contributed by atoms with Gasteiger partial charge in [-0.3, -0.25) is 0 Å². The fraction of sp³-hybridized carbons (Fsp3) is 0.500. The van der Waals surface area contributed by atoms with Crippen LogP contribution in [0.4, 0.5) is 0 Å². The van der Waals surface area contributed by atoms with Gasteiger partial charge in [-0.2, -0.15) is 0 Å². The normalized spacial score (nSPS) is 10.3. The average Bonchev–Trinajstić information content (AvgIpc) is 1.61. The third kappa shape index (κ3) is 5.20. The Morgan fingerprint density at radius 2 is 2.17 bits per heavy atom. The molecular formula is C4H6I2. The highest BCUT2D eigenvalue weighted by Gasteiger charge is 1.67. The molecule has 0 aromatic rings. The van der Waals surface area contributed by atoms with Crippen molar-refractivity contribution >= 4 is 45.2 Å². The van der Waals surface area contributed by atoms with Gasteiger partial charge in [0.2, 0.25) is 0 Å². The molecule has 0 spiro atoms. The van der Waals surface area contributed by atoms with Gasteiger partial charge in [0.15, 0.2) is 0 Å². The number of alkyl halides is 1. The van der Waals surface area contributed by atoms with Crippen LogP contribution in [0.2, 0.25) is 0 Å². The molecule has 0 aromatic heterocycles. The van der Waals surface area contributed by atoms with Crippen molar-refractivity contribution in [1.82, 2.24) is 0 Å². The molecule has 0 aromatic carbocycles. The van der Waals surface area contributed by atoms with Gasteiger partial charge >= 0.3 is 0 Å². The fourth-order valence-corrected chi connectivity index (χ4v) is 0.845. The Kier molecular flexibility index (Phi) is 7.44. The van der Waals surface area contributed by atoms with Crippen LogP contribution in [-0.2, 0) is 0 Å². The molecule has 0 saturated carbocycles. The van der Waals surface area contributed by atoms with Crippen molar-refractivity contribution in [1.29, 1.82) is 0 Å². The minimum atomic E-state index is 1.21. The quantitative estimate of drug-likeness (QED) is 0.543. The number of hydrogen-bond acceptors (Lipinski definition) is 0. The highest BCUT2D eigenvalue weighted by molar-refractivity contribution is 14.1. The van der Waals surface area contributed by atoms with Crippen molar-refractivity contribution in [3.05, 3.63) is 10.2 Å². The summed E-state index contributed by atoms with van der Waals surface area (Å²) in [7, 11) is 0. The zero-order valence-electron chi connectivity index (χ0n) is 3.32. The molecule has 0 aliphatic carbocycles. The summed E-state index contributed by atoms with van der Waals surface area (Å²) in [6.07, 6.45) is 3.37. The van der Waals surface area contributed by atoms with Crippen LogP contribution < -0.4 is 0 Å². The first-order chi connectivity index (χ1) is 2.91. The average molecular weight is 308 g/mol. The second-order valence-corrected chi connectivity index (χ2v) is 2.64. The zero-order valence-corrected chi connectivity index (χ0v) is 7.64. The van der Waals surface area contributed by atoms with Crippen molar-refractivity contribution in [2.45, 2.75) is 6.42 Å². The zero-order chi connectivity index (χ0) is 4.83. The van der Waals surface area contributed by atoms with E-state index in [4.69, 9.17) is 0 Å². The number of rotatable bonds is 2. The maximum Gasteiger partial charge on any atom is 0.00301 e. The number of allylic oxidation sites excluding steroid dienone is 1. The summed E-state index contributed by atoms with van der Waals surface area (Å²) in [6, 6.07) is 0. The largest absolute Gasteiger partial charge is 0.0860 e. The first-order valence-corrected chi connectivity index (χ1v) is 4.50. The van der Waals surface area contributed by atoms with Crippen LogP contribution in [0.25, 0.3) is 0 Å². The van der Waals surface area contributed by atoms with E-state index in [1.54, 1.807) is 0 Å². The van der Waals surface area contributed by atoms with Crippen LogP contribution in [-0.4, -0.2) is 4.43 Å². The summed E-state index contributed by atoms with van der Waals surface area (Å²) in [6.45, 7) is 0. The molecule has 0 radical (unpaired) electrons. The van der Waals surface area contributed by atoms with E-state index >= 15 is 0 Å². The van der Waals surface area contributed by atoms with E-state index < -0.39 is 0 Å². The van der Waals surface area contributed by atoms with Gasteiger partial charge < -0.3 is 0 Å². The first-order valence-electron chi connectivity index (χ1n) is 1.73. The SMILES string of the molecule is IC=CCCI. The van der Waals surface area contributed by atoms with Crippen molar-refractivity contribution in [3.8, 4) is 0 Å². The van der Waals surface area contributed by atoms with Gasteiger partial charge in [-0.25, -0.2) is 0 Å². The van der Waals surface area contributed by atoms with E-state index in [-0.39, 0.29) is 0 Å². The van der Waals surface area contributed by atoms with Gasteiger partial charge in [0.05, 0.1) is 0 Å². The second-order valence-electron chi connectivity index (χ2n) is 0.839. The van der Waals surface area contributed by atoms with Gasteiger partial charge in [0.25, 0.3) is 0 Å². The third-order valence-electron chi connectivity index (χ3n) is 0.365. The molecule has 0 unspecified atom stereocenters. The molecule has 0 bridgehead atoms. The van der Waals surface area contributed by atoms with Crippen LogP contribution in [0.3, 0.4) is 0 Å². The Hall–Kier alpha value is 1.20. The standard InChI is InChI=1S/C4H6I2/c5-3-1-2-4-6/h1,3H,2,4H2. The molecule has 0 rings (SSSR count). The second kappa shape index (κ2) is 6.20. The molecule has 0 saturated heterocycles. The first kappa shape index (κ1) is 7.20. The lowest BCUT2D eigenvalue weighted by molar-refractivity contribution is 1.28. The highest BCUT2D eigenvalue weighted by Crippen LogP contribution is 1.92. The highest BCUT2D eigenvalue weighted by atomic mass is 127. The predicted octanol–water partition coefficient (Wildman–Crippen LogP) is 2.76. The lowest BCUT2D eigenvalue weighted by Crippen LogP contribution is -1.59. The molecule has 0 nitrogen and oxygen atoms in total. The van der Waals surface area contributed by atoms with E-state index in [1.807, 2.05) is 0 Å². The molecule has 0 N–H and O–H groups in total. The van der Waals surface area contributed by atoms with Gasteiger partial charge in [0.1, 0.15) is 0 Å². The van der Waals surface area contributed by atoms with Crippen molar-refractivity contribution < 1.29 is 0 Å². The third-order valence-corrected chi connectivity index (χ3v) is 1.50. The molecule has 0 atom stereocenters. The summed E-state index contributed by atoms with van der Waals surface area (Å²) < 4.78 is 3.29.